The average molecular weight is 277 g/mol. The van der Waals surface area contributed by atoms with Crippen LogP contribution in [0, 0.1) is 12.8 Å². The summed E-state index contributed by atoms with van der Waals surface area (Å²) in [6.07, 6.45) is 3.03. The number of phenolic OH excluding ortho intramolecular Hbond substituents is 1. The average Bonchev–Trinajstić information content (AvgIpc) is 2.41. The van der Waals surface area contributed by atoms with E-state index >= 15 is 0 Å². The van der Waals surface area contributed by atoms with E-state index in [0.29, 0.717) is 12.8 Å². The monoisotopic (exact) mass is 277 g/mol. The summed E-state index contributed by atoms with van der Waals surface area (Å²) in [6.45, 7) is 1.83. The van der Waals surface area contributed by atoms with Crippen LogP contribution in [0.15, 0.2) is 18.2 Å². The Morgan fingerprint density at radius 3 is 2.65 bits per heavy atom. The second-order valence-corrected chi connectivity index (χ2v) is 5.33. The largest absolute Gasteiger partial charge is 0.507 e. The van der Waals surface area contributed by atoms with Crippen molar-refractivity contribution in [2.75, 3.05) is 0 Å². The van der Waals surface area contributed by atoms with Crippen LogP contribution in [0.25, 0.3) is 0 Å². The van der Waals surface area contributed by atoms with Crippen molar-refractivity contribution in [1.29, 1.82) is 0 Å². The predicted molar refractivity (Wildman–Crippen MR) is 73.7 cm³/mol. The third kappa shape index (κ3) is 3.10. The molecule has 5 heteroatoms. The van der Waals surface area contributed by atoms with Crippen molar-refractivity contribution in [1.82, 2.24) is 5.32 Å². The molecule has 2 unspecified atom stereocenters. The van der Waals surface area contributed by atoms with Crippen molar-refractivity contribution in [3.8, 4) is 5.75 Å². The zero-order valence-electron chi connectivity index (χ0n) is 11.4. The van der Waals surface area contributed by atoms with Crippen molar-refractivity contribution in [2.24, 2.45) is 5.92 Å². The summed E-state index contributed by atoms with van der Waals surface area (Å²) in [5.41, 5.74) is 1.06. The molecule has 0 aromatic heterocycles. The van der Waals surface area contributed by atoms with E-state index in [1.807, 2.05) is 6.92 Å². The minimum atomic E-state index is -0.872. The highest BCUT2D eigenvalue weighted by molar-refractivity contribution is 5.97. The molecule has 20 heavy (non-hydrogen) atoms. The van der Waals surface area contributed by atoms with Gasteiger partial charge in [0.25, 0.3) is 5.91 Å². The molecule has 2 rings (SSSR count). The number of phenols is 1. The third-order valence-corrected chi connectivity index (χ3v) is 3.80. The predicted octanol–water partition coefficient (Wildman–Crippen LogP) is 2.07. The van der Waals surface area contributed by atoms with Crippen molar-refractivity contribution < 1.29 is 19.8 Å². The highest BCUT2D eigenvalue weighted by atomic mass is 16.4. The van der Waals surface area contributed by atoms with Crippen molar-refractivity contribution in [2.45, 2.75) is 38.6 Å². The van der Waals surface area contributed by atoms with Gasteiger partial charge in [-0.15, -0.1) is 0 Å². The van der Waals surface area contributed by atoms with Gasteiger partial charge in [0.1, 0.15) is 5.75 Å². The quantitative estimate of drug-likeness (QED) is 0.789. The van der Waals surface area contributed by atoms with Crippen molar-refractivity contribution in [3.05, 3.63) is 29.3 Å². The van der Waals surface area contributed by atoms with Crippen molar-refractivity contribution >= 4 is 11.9 Å². The molecular weight excluding hydrogens is 258 g/mol. The zero-order chi connectivity index (χ0) is 14.7. The molecule has 3 N–H and O–H groups in total. The van der Waals surface area contributed by atoms with E-state index in [9.17, 15) is 19.8 Å². The molecule has 0 bridgehead atoms. The first-order valence-corrected chi connectivity index (χ1v) is 6.82. The summed E-state index contributed by atoms with van der Waals surface area (Å²) in [4.78, 5) is 23.4. The van der Waals surface area contributed by atoms with Crippen LogP contribution in [-0.2, 0) is 4.79 Å². The first-order chi connectivity index (χ1) is 9.49. The number of hydrogen-bond acceptors (Lipinski definition) is 3. The molecule has 0 saturated heterocycles. The highest BCUT2D eigenvalue weighted by Crippen LogP contribution is 2.26. The molecule has 0 spiro atoms. The van der Waals surface area contributed by atoms with E-state index in [2.05, 4.69) is 5.32 Å². The molecular formula is C15H19NO4. The van der Waals surface area contributed by atoms with Crippen LogP contribution in [0.2, 0.25) is 0 Å². The Hall–Kier alpha value is -2.04. The third-order valence-electron chi connectivity index (χ3n) is 3.80. The molecule has 1 saturated carbocycles. The summed E-state index contributed by atoms with van der Waals surface area (Å²) < 4.78 is 0. The SMILES string of the molecule is Cc1ccc(O)c(C(=O)NC2CCCCC2C(=O)O)c1. The number of aromatic hydroxyl groups is 1. The normalized spacial score (nSPS) is 22.2. The maximum atomic E-state index is 12.2. The molecule has 5 nitrogen and oxygen atoms in total. The lowest BCUT2D eigenvalue weighted by molar-refractivity contribution is -0.143. The smallest absolute Gasteiger partial charge is 0.308 e. The first-order valence-electron chi connectivity index (χ1n) is 6.82. The van der Waals surface area contributed by atoms with Gasteiger partial charge in [0.15, 0.2) is 0 Å². The van der Waals surface area contributed by atoms with Crippen LogP contribution in [0.3, 0.4) is 0 Å². The summed E-state index contributed by atoms with van der Waals surface area (Å²) >= 11 is 0. The van der Waals surface area contributed by atoms with Gasteiger partial charge in [-0.3, -0.25) is 9.59 Å². The molecule has 0 heterocycles. The molecule has 0 aliphatic heterocycles. The Bertz CT molecular complexity index is 527. The minimum Gasteiger partial charge on any atom is -0.507 e. The number of nitrogens with one attached hydrogen (secondary N) is 1. The molecule has 2 atom stereocenters. The molecule has 1 fully saturated rings. The number of amides is 1. The van der Waals surface area contributed by atoms with Crippen LogP contribution in [0.4, 0.5) is 0 Å². The Morgan fingerprint density at radius 1 is 1.25 bits per heavy atom. The number of carboxylic acids is 1. The number of aliphatic carboxylic acids is 1. The maximum Gasteiger partial charge on any atom is 0.308 e. The fourth-order valence-electron chi connectivity index (χ4n) is 2.68. The van der Waals surface area contributed by atoms with Gasteiger partial charge in [-0.2, -0.15) is 0 Å². The van der Waals surface area contributed by atoms with Crippen LogP contribution in [0.1, 0.15) is 41.6 Å². The lowest BCUT2D eigenvalue weighted by atomic mass is 9.84. The molecule has 108 valence electrons. The lowest BCUT2D eigenvalue weighted by Gasteiger charge is -2.29. The van der Waals surface area contributed by atoms with Gasteiger partial charge >= 0.3 is 5.97 Å². The number of carbonyl (C=O) groups is 2. The number of rotatable bonds is 3. The number of hydrogen-bond donors (Lipinski definition) is 3. The van der Waals surface area contributed by atoms with Crippen LogP contribution >= 0.6 is 0 Å². The van der Waals surface area contributed by atoms with E-state index in [-0.39, 0.29) is 17.4 Å². The number of carboxylic acid groups (broad SMARTS) is 1. The second kappa shape index (κ2) is 5.94. The van der Waals surface area contributed by atoms with Crippen molar-refractivity contribution in [3.63, 3.8) is 0 Å². The topological polar surface area (TPSA) is 86.6 Å². The van der Waals surface area contributed by atoms with Crippen LogP contribution in [0.5, 0.6) is 5.75 Å². The number of benzene rings is 1. The Balaban J connectivity index is 2.13. The van der Waals surface area contributed by atoms with E-state index < -0.39 is 17.8 Å². The highest BCUT2D eigenvalue weighted by Gasteiger charge is 2.32. The second-order valence-electron chi connectivity index (χ2n) is 5.33. The van der Waals surface area contributed by atoms with E-state index in [1.165, 1.54) is 6.07 Å². The van der Waals surface area contributed by atoms with Crippen LogP contribution < -0.4 is 5.32 Å². The zero-order valence-corrected chi connectivity index (χ0v) is 11.4. The van der Waals surface area contributed by atoms with Gasteiger partial charge in [-0.05, 0) is 31.9 Å². The molecule has 1 aliphatic rings. The van der Waals surface area contributed by atoms with E-state index in [0.717, 1.165) is 18.4 Å². The van der Waals surface area contributed by atoms with Gasteiger partial charge in [-0.1, -0.05) is 24.5 Å². The summed E-state index contributed by atoms with van der Waals surface area (Å²) in [7, 11) is 0. The van der Waals surface area contributed by atoms with Gasteiger partial charge in [0, 0.05) is 6.04 Å². The molecule has 1 aliphatic carbocycles. The first kappa shape index (κ1) is 14.4. The number of carbonyl (C=O) groups excluding carboxylic acids is 1. The summed E-state index contributed by atoms with van der Waals surface area (Å²) in [5.74, 6) is -1.91. The minimum absolute atomic E-state index is 0.0872. The Morgan fingerprint density at radius 2 is 1.95 bits per heavy atom. The Labute approximate surface area is 117 Å². The molecule has 1 aromatic rings. The molecule has 1 aromatic carbocycles. The lowest BCUT2D eigenvalue weighted by Crippen LogP contribution is -2.45. The van der Waals surface area contributed by atoms with Gasteiger partial charge < -0.3 is 15.5 Å². The summed E-state index contributed by atoms with van der Waals surface area (Å²) in [5, 5.41) is 21.7. The van der Waals surface area contributed by atoms with Crippen LogP contribution in [-0.4, -0.2) is 28.1 Å². The van der Waals surface area contributed by atoms with Gasteiger partial charge in [0.05, 0.1) is 11.5 Å². The summed E-state index contributed by atoms with van der Waals surface area (Å²) in [6, 6.07) is 4.42. The fourth-order valence-corrected chi connectivity index (χ4v) is 2.68. The molecule has 0 radical (unpaired) electrons. The van der Waals surface area contributed by atoms with Gasteiger partial charge in [-0.25, -0.2) is 0 Å². The maximum absolute atomic E-state index is 12.2. The van der Waals surface area contributed by atoms with E-state index in [4.69, 9.17) is 0 Å². The van der Waals surface area contributed by atoms with Gasteiger partial charge in [0.2, 0.25) is 0 Å². The van der Waals surface area contributed by atoms with E-state index in [1.54, 1.807) is 12.1 Å². The number of aryl methyl sites for hydroxylation is 1. The molecule has 1 amide bonds. The fraction of sp³-hybridized carbons (Fsp3) is 0.467. The Kier molecular flexibility index (Phi) is 4.27. The standard InChI is InChI=1S/C15H19NO4/c1-9-6-7-13(17)11(8-9)14(18)16-12-5-3-2-4-10(12)15(19)20/h6-8,10,12,17H,2-5H2,1H3,(H,16,18)(H,19,20).